The fourth-order valence-corrected chi connectivity index (χ4v) is 3.75. The Labute approximate surface area is 126 Å². The van der Waals surface area contributed by atoms with Crippen molar-refractivity contribution in [1.29, 1.82) is 0 Å². The average molecular weight is 279 g/mol. The van der Waals surface area contributed by atoms with Gasteiger partial charge in [-0.3, -0.25) is 0 Å². The quantitative estimate of drug-likeness (QED) is 0.925. The van der Waals surface area contributed by atoms with E-state index in [1.807, 2.05) is 0 Å². The Bertz CT molecular complexity index is 637. The number of rotatable bonds is 3. The van der Waals surface area contributed by atoms with Gasteiger partial charge in [-0.1, -0.05) is 36.4 Å². The summed E-state index contributed by atoms with van der Waals surface area (Å²) in [5, 5.41) is 3.73. The van der Waals surface area contributed by atoms with Crippen molar-refractivity contribution in [2.24, 2.45) is 5.92 Å². The van der Waals surface area contributed by atoms with Gasteiger partial charge >= 0.3 is 0 Å². The van der Waals surface area contributed by atoms with Crippen LogP contribution in [0.1, 0.15) is 35.1 Å². The van der Waals surface area contributed by atoms with Crippen LogP contribution in [-0.4, -0.2) is 13.7 Å². The first-order chi connectivity index (χ1) is 10.4. The van der Waals surface area contributed by atoms with Crippen molar-refractivity contribution in [3.8, 4) is 5.75 Å². The largest absolute Gasteiger partial charge is 0.497 e. The van der Waals surface area contributed by atoms with Crippen LogP contribution in [0.15, 0.2) is 48.5 Å². The number of hydrogen-bond donors (Lipinski definition) is 1. The molecule has 4 rings (SSSR count). The lowest BCUT2D eigenvalue weighted by atomic mass is 9.90. The molecule has 108 valence electrons. The van der Waals surface area contributed by atoms with E-state index in [1.165, 1.54) is 23.1 Å². The molecule has 1 aliphatic heterocycles. The van der Waals surface area contributed by atoms with Gasteiger partial charge in [-0.15, -0.1) is 0 Å². The zero-order valence-corrected chi connectivity index (χ0v) is 12.4. The van der Waals surface area contributed by atoms with Crippen LogP contribution in [0.3, 0.4) is 0 Å². The number of hydrogen-bond acceptors (Lipinski definition) is 2. The van der Waals surface area contributed by atoms with E-state index in [-0.39, 0.29) is 0 Å². The van der Waals surface area contributed by atoms with Crippen LogP contribution in [0.2, 0.25) is 0 Å². The molecule has 0 spiro atoms. The highest BCUT2D eigenvalue weighted by atomic mass is 16.5. The fraction of sp³-hybridized carbons (Fsp3) is 0.368. The number of methoxy groups -OCH3 is 1. The van der Waals surface area contributed by atoms with Crippen molar-refractivity contribution in [1.82, 2.24) is 5.32 Å². The molecule has 0 amide bonds. The van der Waals surface area contributed by atoms with Gasteiger partial charge in [0.1, 0.15) is 5.75 Å². The Kier molecular flexibility index (Phi) is 3.19. The van der Waals surface area contributed by atoms with Crippen LogP contribution >= 0.6 is 0 Å². The third-order valence-corrected chi connectivity index (χ3v) is 4.94. The molecular weight excluding hydrogens is 258 g/mol. The Morgan fingerprint density at radius 2 is 1.95 bits per heavy atom. The van der Waals surface area contributed by atoms with Crippen LogP contribution in [0.4, 0.5) is 0 Å². The van der Waals surface area contributed by atoms with Gasteiger partial charge in [0, 0.05) is 6.04 Å². The third kappa shape index (κ3) is 2.34. The van der Waals surface area contributed by atoms with Gasteiger partial charge in [0.15, 0.2) is 0 Å². The molecule has 0 bridgehead atoms. The summed E-state index contributed by atoms with van der Waals surface area (Å²) in [6, 6.07) is 18.0. The molecule has 3 atom stereocenters. The zero-order valence-electron chi connectivity index (χ0n) is 12.4. The normalized spacial score (nSPS) is 27.0. The first-order valence-corrected chi connectivity index (χ1v) is 7.82. The molecule has 1 aliphatic carbocycles. The molecule has 0 radical (unpaired) electrons. The molecule has 2 aromatic rings. The van der Waals surface area contributed by atoms with Gasteiger partial charge in [0.25, 0.3) is 0 Å². The van der Waals surface area contributed by atoms with Crippen molar-refractivity contribution in [2.75, 3.05) is 13.7 Å². The van der Waals surface area contributed by atoms with E-state index < -0.39 is 0 Å². The lowest BCUT2D eigenvalue weighted by Crippen LogP contribution is -2.31. The van der Waals surface area contributed by atoms with Crippen molar-refractivity contribution in [3.63, 3.8) is 0 Å². The van der Waals surface area contributed by atoms with E-state index in [1.54, 1.807) is 7.11 Å². The summed E-state index contributed by atoms with van der Waals surface area (Å²) in [6.45, 7) is 1.07. The van der Waals surface area contributed by atoms with E-state index in [0.717, 1.165) is 30.6 Å². The van der Waals surface area contributed by atoms with Crippen molar-refractivity contribution < 1.29 is 4.74 Å². The molecule has 2 aromatic carbocycles. The summed E-state index contributed by atoms with van der Waals surface area (Å²) in [7, 11) is 1.74. The molecule has 1 heterocycles. The number of fused-ring (bicyclic) bond motifs is 1. The summed E-state index contributed by atoms with van der Waals surface area (Å²) in [4.78, 5) is 0. The molecule has 3 unspecified atom stereocenters. The molecule has 0 saturated heterocycles. The third-order valence-electron chi connectivity index (χ3n) is 4.94. The highest BCUT2D eigenvalue weighted by Gasteiger charge is 2.45. The average Bonchev–Trinajstić information content (AvgIpc) is 3.35. The standard InChI is InChI=1S/C19H21NO/c1-21-15-7-8-16-14(11-15)9-10-20-19(16)18-12-17(18)13-5-3-2-4-6-13/h2-8,11,17-20H,9-10,12H2,1H3. The second kappa shape index (κ2) is 5.19. The lowest BCUT2D eigenvalue weighted by molar-refractivity contribution is 0.409. The van der Waals surface area contributed by atoms with Gasteiger partial charge in [-0.05, 0) is 60.0 Å². The van der Waals surface area contributed by atoms with E-state index >= 15 is 0 Å². The SMILES string of the molecule is COc1ccc2c(c1)CCNC2C1CC1c1ccccc1. The predicted octanol–water partition coefficient (Wildman–Crippen LogP) is 3.69. The first-order valence-electron chi connectivity index (χ1n) is 7.82. The highest BCUT2D eigenvalue weighted by molar-refractivity contribution is 5.41. The summed E-state index contributed by atoms with van der Waals surface area (Å²) >= 11 is 0. The van der Waals surface area contributed by atoms with Crippen molar-refractivity contribution >= 4 is 0 Å². The topological polar surface area (TPSA) is 21.3 Å². The van der Waals surface area contributed by atoms with Crippen LogP contribution in [0.5, 0.6) is 5.75 Å². The Balaban J connectivity index is 1.59. The molecular formula is C19H21NO. The Morgan fingerprint density at radius 1 is 1.10 bits per heavy atom. The van der Waals surface area contributed by atoms with E-state index in [4.69, 9.17) is 4.74 Å². The highest BCUT2D eigenvalue weighted by Crippen LogP contribution is 2.55. The summed E-state index contributed by atoms with van der Waals surface area (Å²) in [6.07, 6.45) is 2.40. The van der Waals surface area contributed by atoms with Gasteiger partial charge in [0.05, 0.1) is 7.11 Å². The van der Waals surface area contributed by atoms with Crippen LogP contribution in [0.25, 0.3) is 0 Å². The second-order valence-electron chi connectivity index (χ2n) is 6.16. The van der Waals surface area contributed by atoms with Crippen molar-refractivity contribution in [2.45, 2.75) is 24.8 Å². The molecule has 21 heavy (non-hydrogen) atoms. The maximum atomic E-state index is 5.36. The maximum Gasteiger partial charge on any atom is 0.119 e. The Hall–Kier alpha value is -1.80. The minimum Gasteiger partial charge on any atom is -0.497 e. The monoisotopic (exact) mass is 279 g/mol. The van der Waals surface area contributed by atoms with Gasteiger partial charge < -0.3 is 10.1 Å². The van der Waals surface area contributed by atoms with E-state index in [0.29, 0.717) is 6.04 Å². The lowest BCUT2D eigenvalue weighted by Gasteiger charge is -2.28. The molecule has 2 heteroatoms. The second-order valence-corrected chi connectivity index (χ2v) is 6.16. The minimum absolute atomic E-state index is 0.505. The van der Waals surface area contributed by atoms with Crippen molar-refractivity contribution in [3.05, 3.63) is 65.2 Å². The number of benzene rings is 2. The molecule has 1 fully saturated rings. The number of ether oxygens (including phenoxy) is 1. The van der Waals surface area contributed by atoms with Gasteiger partial charge in [-0.25, -0.2) is 0 Å². The van der Waals surface area contributed by atoms with Gasteiger partial charge in [0.2, 0.25) is 0 Å². The van der Waals surface area contributed by atoms with E-state index in [2.05, 4.69) is 53.8 Å². The fourth-order valence-electron chi connectivity index (χ4n) is 3.75. The van der Waals surface area contributed by atoms with Crippen LogP contribution in [0, 0.1) is 5.92 Å². The van der Waals surface area contributed by atoms with Crippen LogP contribution in [-0.2, 0) is 6.42 Å². The van der Waals surface area contributed by atoms with Gasteiger partial charge in [-0.2, -0.15) is 0 Å². The summed E-state index contributed by atoms with van der Waals surface area (Å²) in [5.41, 5.74) is 4.42. The van der Waals surface area contributed by atoms with Crippen LogP contribution < -0.4 is 10.1 Å². The van der Waals surface area contributed by atoms with E-state index in [9.17, 15) is 0 Å². The maximum absolute atomic E-state index is 5.36. The summed E-state index contributed by atoms with van der Waals surface area (Å²) in [5.74, 6) is 2.43. The molecule has 1 N–H and O–H groups in total. The number of nitrogens with one attached hydrogen (secondary N) is 1. The first kappa shape index (κ1) is 12.9. The predicted molar refractivity (Wildman–Crippen MR) is 84.7 cm³/mol. The smallest absolute Gasteiger partial charge is 0.119 e. The molecule has 1 saturated carbocycles. The molecule has 2 nitrogen and oxygen atoms in total. The zero-order chi connectivity index (χ0) is 14.2. The summed E-state index contributed by atoms with van der Waals surface area (Å²) < 4.78 is 5.36. The molecule has 2 aliphatic rings. The Morgan fingerprint density at radius 3 is 2.76 bits per heavy atom. The molecule has 0 aromatic heterocycles. The minimum atomic E-state index is 0.505.